The topological polar surface area (TPSA) is 49.3 Å². The quantitative estimate of drug-likeness (QED) is 0.888. The van der Waals surface area contributed by atoms with E-state index in [2.05, 4.69) is 21.2 Å². The number of nitrogens with one attached hydrogen (secondary N) is 1. The number of hydrogen-bond donors (Lipinski definition) is 2. The van der Waals surface area contributed by atoms with Gasteiger partial charge in [-0.2, -0.15) is 0 Å². The zero-order valence-electron chi connectivity index (χ0n) is 9.77. The van der Waals surface area contributed by atoms with E-state index in [9.17, 15) is 9.90 Å². The molecule has 2 N–H and O–H groups in total. The lowest BCUT2D eigenvalue weighted by atomic mass is 10.1. The molecule has 0 aliphatic heterocycles. The first-order valence-corrected chi connectivity index (χ1v) is 6.23. The van der Waals surface area contributed by atoms with Crippen LogP contribution in [0.1, 0.15) is 15.9 Å². The van der Waals surface area contributed by atoms with Crippen molar-refractivity contribution in [3.8, 4) is 5.75 Å². The molecular weight excluding hydrogens is 294 g/mol. The number of anilines is 1. The number of aromatic hydroxyl groups is 1. The molecule has 0 aromatic heterocycles. The SMILES string of the molecule is Cc1cc(Br)cc(C(=O)Nc2ccccc2)c1O. The van der Waals surface area contributed by atoms with Crippen molar-refractivity contribution in [3.05, 3.63) is 58.1 Å². The van der Waals surface area contributed by atoms with E-state index in [1.165, 1.54) is 0 Å². The molecule has 0 spiro atoms. The van der Waals surface area contributed by atoms with Crippen LogP contribution in [0, 0.1) is 6.92 Å². The molecular formula is C14H12BrNO2. The molecule has 1 amide bonds. The largest absolute Gasteiger partial charge is 0.507 e. The first-order valence-electron chi connectivity index (χ1n) is 5.43. The molecule has 0 fully saturated rings. The standard InChI is InChI=1S/C14H12BrNO2/c1-9-7-10(15)8-12(13(9)17)14(18)16-11-5-3-2-4-6-11/h2-8,17H,1H3,(H,16,18). The monoisotopic (exact) mass is 305 g/mol. The van der Waals surface area contributed by atoms with E-state index in [0.29, 0.717) is 11.3 Å². The van der Waals surface area contributed by atoms with E-state index >= 15 is 0 Å². The lowest BCUT2D eigenvalue weighted by Crippen LogP contribution is -2.12. The summed E-state index contributed by atoms with van der Waals surface area (Å²) in [5, 5.41) is 12.6. The van der Waals surface area contributed by atoms with Gasteiger partial charge < -0.3 is 10.4 Å². The van der Waals surface area contributed by atoms with Gasteiger partial charge in [0.25, 0.3) is 5.91 Å². The Hall–Kier alpha value is -1.81. The van der Waals surface area contributed by atoms with Gasteiger partial charge in [0.05, 0.1) is 5.56 Å². The maximum Gasteiger partial charge on any atom is 0.259 e. The van der Waals surface area contributed by atoms with Crippen molar-refractivity contribution in [2.45, 2.75) is 6.92 Å². The van der Waals surface area contributed by atoms with Gasteiger partial charge in [-0.05, 0) is 36.8 Å². The molecule has 0 aliphatic carbocycles. The molecule has 18 heavy (non-hydrogen) atoms. The Labute approximate surface area is 114 Å². The van der Waals surface area contributed by atoms with E-state index in [-0.39, 0.29) is 17.2 Å². The summed E-state index contributed by atoms with van der Waals surface area (Å²) in [5.74, 6) is -0.324. The molecule has 0 saturated carbocycles. The fourth-order valence-corrected chi connectivity index (χ4v) is 2.20. The van der Waals surface area contributed by atoms with Gasteiger partial charge in [0, 0.05) is 10.2 Å². The zero-order valence-corrected chi connectivity index (χ0v) is 11.4. The van der Waals surface area contributed by atoms with Crippen molar-refractivity contribution in [2.75, 3.05) is 5.32 Å². The average Bonchev–Trinajstić information content (AvgIpc) is 2.35. The van der Waals surface area contributed by atoms with E-state index in [4.69, 9.17) is 0 Å². The molecule has 0 bridgehead atoms. The van der Waals surface area contributed by atoms with Crippen molar-refractivity contribution in [3.63, 3.8) is 0 Å². The summed E-state index contributed by atoms with van der Waals surface area (Å²) < 4.78 is 0.760. The third-order valence-electron chi connectivity index (χ3n) is 2.54. The van der Waals surface area contributed by atoms with Crippen LogP contribution in [-0.2, 0) is 0 Å². The van der Waals surface area contributed by atoms with E-state index in [1.807, 2.05) is 18.2 Å². The highest BCUT2D eigenvalue weighted by atomic mass is 79.9. The first-order chi connectivity index (χ1) is 8.58. The Morgan fingerprint density at radius 1 is 1.22 bits per heavy atom. The molecule has 3 nitrogen and oxygen atoms in total. The van der Waals surface area contributed by atoms with Crippen molar-refractivity contribution in [2.24, 2.45) is 0 Å². The molecule has 0 saturated heterocycles. The number of halogens is 1. The second-order valence-electron chi connectivity index (χ2n) is 3.94. The number of phenols is 1. The third kappa shape index (κ3) is 2.71. The Balaban J connectivity index is 2.30. The van der Waals surface area contributed by atoms with Gasteiger partial charge in [0.2, 0.25) is 0 Å². The maximum atomic E-state index is 12.0. The number of benzene rings is 2. The molecule has 2 rings (SSSR count). The Bertz CT molecular complexity index is 582. The molecule has 0 atom stereocenters. The number of para-hydroxylation sites is 1. The second kappa shape index (κ2) is 5.23. The van der Waals surface area contributed by atoms with Crippen molar-refractivity contribution in [1.29, 1.82) is 0 Å². The highest BCUT2D eigenvalue weighted by molar-refractivity contribution is 9.10. The van der Waals surface area contributed by atoms with Crippen LogP contribution in [0.4, 0.5) is 5.69 Å². The number of hydrogen-bond acceptors (Lipinski definition) is 2. The molecule has 0 radical (unpaired) electrons. The Morgan fingerprint density at radius 3 is 2.56 bits per heavy atom. The van der Waals surface area contributed by atoms with E-state index in [0.717, 1.165) is 4.47 Å². The minimum Gasteiger partial charge on any atom is -0.507 e. The number of carbonyl (C=O) groups is 1. The number of rotatable bonds is 2. The van der Waals surface area contributed by atoms with Crippen molar-refractivity contribution < 1.29 is 9.90 Å². The maximum absolute atomic E-state index is 12.0. The van der Waals surface area contributed by atoms with Crippen LogP contribution in [0.25, 0.3) is 0 Å². The number of amides is 1. The normalized spacial score (nSPS) is 10.1. The number of phenolic OH excluding ortho intramolecular Hbond substituents is 1. The van der Waals surface area contributed by atoms with Crippen LogP contribution >= 0.6 is 15.9 Å². The zero-order chi connectivity index (χ0) is 13.1. The van der Waals surface area contributed by atoms with Crippen LogP contribution in [0.15, 0.2) is 46.9 Å². The van der Waals surface area contributed by atoms with Crippen molar-refractivity contribution >= 4 is 27.5 Å². The highest BCUT2D eigenvalue weighted by Gasteiger charge is 2.14. The van der Waals surface area contributed by atoms with Crippen LogP contribution < -0.4 is 5.32 Å². The summed E-state index contributed by atoms with van der Waals surface area (Å²) in [6.07, 6.45) is 0. The predicted octanol–water partition coefficient (Wildman–Crippen LogP) is 3.72. The van der Waals surface area contributed by atoms with Gasteiger partial charge in [-0.3, -0.25) is 4.79 Å². The van der Waals surface area contributed by atoms with Crippen LogP contribution in [0.3, 0.4) is 0 Å². The molecule has 0 unspecified atom stereocenters. The van der Waals surface area contributed by atoms with Gasteiger partial charge in [-0.1, -0.05) is 34.1 Å². The third-order valence-corrected chi connectivity index (χ3v) is 3.00. The summed E-state index contributed by atoms with van der Waals surface area (Å²) in [6.45, 7) is 1.75. The predicted molar refractivity (Wildman–Crippen MR) is 74.9 cm³/mol. The fourth-order valence-electron chi connectivity index (χ4n) is 1.63. The summed E-state index contributed by atoms with van der Waals surface area (Å²) in [5.41, 5.74) is 1.60. The van der Waals surface area contributed by atoms with Gasteiger partial charge in [0.1, 0.15) is 5.75 Å². The van der Waals surface area contributed by atoms with Crippen LogP contribution in [-0.4, -0.2) is 11.0 Å². The fraction of sp³-hybridized carbons (Fsp3) is 0.0714. The lowest BCUT2D eigenvalue weighted by Gasteiger charge is -2.09. The summed E-state index contributed by atoms with van der Waals surface area (Å²) in [6, 6.07) is 12.5. The second-order valence-corrected chi connectivity index (χ2v) is 4.85. The smallest absolute Gasteiger partial charge is 0.259 e. The van der Waals surface area contributed by atoms with Crippen LogP contribution in [0.5, 0.6) is 5.75 Å². The van der Waals surface area contributed by atoms with Gasteiger partial charge >= 0.3 is 0 Å². The minimum atomic E-state index is -0.330. The molecule has 92 valence electrons. The average molecular weight is 306 g/mol. The summed E-state index contributed by atoms with van der Waals surface area (Å²) in [7, 11) is 0. The molecule has 2 aromatic rings. The molecule has 0 heterocycles. The lowest BCUT2D eigenvalue weighted by molar-refractivity contribution is 0.102. The van der Waals surface area contributed by atoms with Gasteiger partial charge in [-0.15, -0.1) is 0 Å². The van der Waals surface area contributed by atoms with E-state index < -0.39 is 0 Å². The Kier molecular flexibility index (Phi) is 3.67. The van der Waals surface area contributed by atoms with Gasteiger partial charge in [0.15, 0.2) is 0 Å². The van der Waals surface area contributed by atoms with Crippen LogP contribution in [0.2, 0.25) is 0 Å². The summed E-state index contributed by atoms with van der Waals surface area (Å²) >= 11 is 3.31. The minimum absolute atomic E-state index is 0.00614. The van der Waals surface area contributed by atoms with Crippen molar-refractivity contribution in [1.82, 2.24) is 0 Å². The highest BCUT2D eigenvalue weighted by Crippen LogP contribution is 2.27. The first kappa shape index (κ1) is 12.6. The number of carbonyl (C=O) groups excluding carboxylic acids is 1. The molecule has 4 heteroatoms. The number of aryl methyl sites for hydroxylation is 1. The molecule has 0 aliphatic rings. The van der Waals surface area contributed by atoms with E-state index in [1.54, 1.807) is 31.2 Å². The van der Waals surface area contributed by atoms with Gasteiger partial charge in [-0.25, -0.2) is 0 Å². The summed E-state index contributed by atoms with van der Waals surface area (Å²) in [4.78, 5) is 12.0. The molecule has 2 aromatic carbocycles. The Morgan fingerprint density at radius 2 is 1.89 bits per heavy atom.